The molecule has 0 aliphatic rings. The number of hydrogen-bond acceptors (Lipinski definition) is 3. The molecule has 1 aromatic rings. The zero-order valence-electron chi connectivity index (χ0n) is 13.9. The Hall–Kier alpha value is -1.59. The molecular weight excluding hydrogens is 280 g/mol. The van der Waals surface area contributed by atoms with Crippen molar-refractivity contribution in [3.63, 3.8) is 0 Å². The lowest BCUT2D eigenvalue weighted by molar-refractivity contribution is 0.0951. The van der Waals surface area contributed by atoms with Crippen molar-refractivity contribution in [1.82, 2.24) is 10.6 Å². The summed E-state index contributed by atoms with van der Waals surface area (Å²) in [6, 6.07) is 7.22. The number of amides is 2. The van der Waals surface area contributed by atoms with Crippen LogP contribution in [0.2, 0.25) is 0 Å². The lowest BCUT2D eigenvalue weighted by atomic mass is 10.0. The Morgan fingerprint density at radius 1 is 1.23 bits per heavy atom. The zero-order valence-corrected chi connectivity index (χ0v) is 13.9. The number of hydrogen-bond donors (Lipinski definition) is 3. The van der Waals surface area contributed by atoms with Crippen LogP contribution in [-0.4, -0.2) is 36.9 Å². The number of aryl methyl sites for hydroxylation is 1. The number of nitrogens with one attached hydrogen (secondary N) is 2. The van der Waals surface area contributed by atoms with Crippen molar-refractivity contribution in [2.45, 2.75) is 39.8 Å². The standard InChI is InChI=1S/C17H28N2O3/c1-12(2)10-22-11-14(4)19-17(21)18-9-16(20)15-8-6-5-7-13(15)3/h5-8,12,14,16,20H,9-11H2,1-4H3,(H2,18,19,21)/t14-,16+/m1/s1. The highest BCUT2D eigenvalue weighted by Crippen LogP contribution is 2.16. The van der Waals surface area contributed by atoms with E-state index in [1.54, 1.807) is 0 Å². The fourth-order valence-corrected chi connectivity index (χ4v) is 2.06. The predicted octanol–water partition coefficient (Wildman–Crippen LogP) is 2.39. The maximum Gasteiger partial charge on any atom is 0.315 e. The van der Waals surface area contributed by atoms with Crippen LogP contribution < -0.4 is 10.6 Å². The average molecular weight is 308 g/mol. The molecule has 5 nitrogen and oxygen atoms in total. The predicted molar refractivity (Wildman–Crippen MR) is 87.8 cm³/mol. The molecule has 1 rings (SSSR count). The fourth-order valence-electron chi connectivity index (χ4n) is 2.06. The average Bonchev–Trinajstić information content (AvgIpc) is 2.44. The first-order chi connectivity index (χ1) is 10.4. The molecule has 3 N–H and O–H groups in total. The number of benzene rings is 1. The quantitative estimate of drug-likeness (QED) is 0.690. The smallest absolute Gasteiger partial charge is 0.315 e. The Labute approximate surface area is 133 Å². The number of aliphatic hydroxyl groups is 1. The van der Waals surface area contributed by atoms with Gasteiger partial charge in [0.1, 0.15) is 0 Å². The number of rotatable bonds is 8. The Morgan fingerprint density at radius 3 is 2.55 bits per heavy atom. The maximum absolute atomic E-state index is 11.8. The summed E-state index contributed by atoms with van der Waals surface area (Å²) in [7, 11) is 0. The van der Waals surface area contributed by atoms with Crippen molar-refractivity contribution in [3.8, 4) is 0 Å². The van der Waals surface area contributed by atoms with Gasteiger partial charge in [-0.15, -0.1) is 0 Å². The molecule has 0 fully saturated rings. The van der Waals surface area contributed by atoms with E-state index < -0.39 is 6.10 Å². The Balaban J connectivity index is 2.29. The Kier molecular flexibility index (Phi) is 7.91. The van der Waals surface area contributed by atoms with Gasteiger partial charge in [-0.3, -0.25) is 0 Å². The summed E-state index contributed by atoms with van der Waals surface area (Å²) in [4.78, 5) is 11.8. The van der Waals surface area contributed by atoms with E-state index in [4.69, 9.17) is 4.74 Å². The highest BCUT2D eigenvalue weighted by atomic mass is 16.5. The molecule has 0 saturated heterocycles. The first kappa shape index (κ1) is 18.5. The molecule has 0 aromatic heterocycles. The third kappa shape index (κ3) is 6.91. The molecule has 0 spiro atoms. The van der Waals surface area contributed by atoms with E-state index in [2.05, 4.69) is 24.5 Å². The van der Waals surface area contributed by atoms with Crippen molar-refractivity contribution < 1.29 is 14.6 Å². The summed E-state index contributed by atoms with van der Waals surface area (Å²) in [5.41, 5.74) is 1.84. The van der Waals surface area contributed by atoms with Crippen LogP contribution in [0.4, 0.5) is 4.79 Å². The van der Waals surface area contributed by atoms with Gasteiger partial charge in [0.25, 0.3) is 0 Å². The number of carbonyl (C=O) groups is 1. The molecule has 1 aromatic carbocycles. The summed E-state index contributed by atoms with van der Waals surface area (Å²) in [5.74, 6) is 0.477. The van der Waals surface area contributed by atoms with E-state index >= 15 is 0 Å². The lowest BCUT2D eigenvalue weighted by Crippen LogP contribution is -2.44. The van der Waals surface area contributed by atoms with Gasteiger partial charge >= 0.3 is 6.03 Å². The van der Waals surface area contributed by atoms with Crippen LogP contribution in [-0.2, 0) is 4.74 Å². The van der Waals surface area contributed by atoms with Crippen molar-refractivity contribution in [3.05, 3.63) is 35.4 Å². The second kappa shape index (κ2) is 9.43. The van der Waals surface area contributed by atoms with Crippen LogP contribution in [0.25, 0.3) is 0 Å². The van der Waals surface area contributed by atoms with Crippen LogP contribution in [0, 0.1) is 12.8 Å². The minimum atomic E-state index is -0.709. The van der Waals surface area contributed by atoms with Gasteiger partial charge in [0.15, 0.2) is 0 Å². The van der Waals surface area contributed by atoms with Crippen molar-refractivity contribution in [1.29, 1.82) is 0 Å². The molecule has 2 atom stereocenters. The first-order valence-corrected chi connectivity index (χ1v) is 7.75. The summed E-state index contributed by atoms with van der Waals surface area (Å²) in [5, 5.41) is 15.6. The topological polar surface area (TPSA) is 70.6 Å². The lowest BCUT2D eigenvalue weighted by Gasteiger charge is -2.18. The number of ether oxygens (including phenoxy) is 1. The van der Waals surface area contributed by atoms with Crippen LogP contribution in [0.1, 0.15) is 38.0 Å². The summed E-state index contributed by atoms with van der Waals surface area (Å²) >= 11 is 0. The van der Waals surface area contributed by atoms with Gasteiger partial charge in [-0.25, -0.2) is 4.79 Å². The molecule has 0 heterocycles. The normalized spacial score (nSPS) is 13.7. The van der Waals surface area contributed by atoms with Gasteiger partial charge in [0.2, 0.25) is 0 Å². The van der Waals surface area contributed by atoms with Crippen LogP contribution in [0.5, 0.6) is 0 Å². The molecular formula is C17H28N2O3. The molecule has 2 amide bonds. The van der Waals surface area contributed by atoms with Crippen molar-refractivity contribution in [2.24, 2.45) is 5.92 Å². The molecule has 0 aliphatic carbocycles. The van der Waals surface area contributed by atoms with E-state index in [0.29, 0.717) is 19.1 Å². The Bertz CT molecular complexity index is 463. The molecule has 124 valence electrons. The highest BCUT2D eigenvalue weighted by Gasteiger charge is 2.12. The number of aliphatic hydroxyl groups excluding tert-OH is 1. The molecule has 22 heavy (non-hydrogen) atoms. The summed E-state index contributed by atoms with van der Waals surface area (Å²) in [6.45, 7) is 9.32. The number of urea groups is 1. The summed E-state index contributed by atoms with van der Waals surface area (Å²) < 4.78 is 5.48. The Morgan fingerprint density at radius 2 is 1.91 bits per heavy atom. The largest absolute Gasteiger partial charge is 0.387 e. The van der Waals surface area contributed by atoms with Crippen LogP contribution >= 0.6 is 0 Å². The molecule has 0 saturated carbocycles. The summed E-state index contributed by atoms with van der Waals surface area (Å²) in [6.07, 6.45) is -0.709. The van der Waals surface area contributed by atoms with E-state index in [1.807, 2.05) is 38.1 Å². The maximum atomic E-state index is 11.8. The number of carbonyl (C=O) groups excluding carboxylic acids is 1. The third-order valence-corrected chi connectivity index (χ3v) is 3.20. The second-order valence-corrected chi connectivity index (χ2v) is 6.06. The van der Waals surface area contributed by atoms with Crippen molar-refractivity contribution in [2.75, 3.05) is 19.8 Å². The molecule has 0 aliphatic heterocycles. The van der Waals surface area contributed by atoms with E-state index in [9.17, 15) is 9.90 Å². The van der Waals surface area contributed by atoms with Crippen molar-refractivity contribution >= 4 is 6.03 Å². The fraction of sp³-hybridized carbons (Fsp3) is 0.588. The van der Waals surface area contributed by atoms with E-state index in [1.165, 1.54) is 0 Å². The third-order valence-electron chi connectivity index (χ3n) is 3.20. The molecule has 5 heteroatoms. The van der Waals surface area contributed by atoms with E-state index in [-0.39, 0.29) is 18.6 Å². The molecule has 0 unspecified atom stereocenters. The SMILES string of the molecule is Cc1ccccc1[C@@H](O)CNC(=O)N[C@H](C)COCC(C)C. The highest BCUT2D eigenvalue weighted by molar-refractivity contribution is 5.74. The van der Waals surface area contributed by atoms with Gasteiger partial charge < -0.3 is 20.5 Å². The van der Waals surface area contributed by atoms with E-state index in [0.717, 1.165) is 11.1 Å². The first-order valence-electron chi connectivity index (χ1n) is 7.75. The van der Waals surface area contributed by atoms with Crippen LogP contribution in [0.15, 0.2) is 24.3 Å². The van der Waals surface area contributed by atoms with Gasteiger partial charge in [0.05, 0.1) is 18.8 Å². The molecule has 0 bridgehead atoms. The van der Waals surface area contributed by atoms with Gasteiger partial charge in [-0.1, -0.05) is 38.1 Å². The monoisotopic (exact) mass is 308 g/mol. The molecule has 0 radical (unpaired) electrons. The van der Waals surface area contributed by atoms with Crippen LogP contribution in [0.3, 0.4) is 0 Å². The minimum Gasteiger partial charge on any atom is -0.387 e. The van der Waals surface area contributed by atoms with Gasteiger partial charge in [-0.05, 0) is 30.9 Å². The van der Waals surface area contributed by atoms with Gasteiger partial charge in [0, 0.05) is 13.2 Å². The zero-order chi connectivity index (χ0) is 16.5. The second-order valence-electron chi connectivity index (χ2n) is 6.06. The minimum absolute atomic E-state index is 0.0747. The van der Waals surface area contributed by atoms with Gasteiger partial charge in [-0.2, -0.15) is 0 Å².